The van der Waals surface area contributed by atoms with Gasteiger partial charge in [0.15, 0.2) is 18.1 Å². The van der Waals surface area contributed by atoms with Crippen molar-refractivity contribution in [3.63, 3.8) is 0 Å². The lowest BCUT2D eigenvalue weighted by molar-refractivity contribution is -0.136. The smallest absolute Gasteiger partial charge is 0.349 e. The molecule has 0 saturated carbocycles. The van der Waals surface area contributed by atoms with Crippen molar-refractivity contribution in [2.45, 2.75) is 5.92 Å². The summed E-state index contributed by atoms with van der Waals surface area (Å²) in [6, 6.07) is 18.0. The van der Waals surface area contributed by atoms with Crippen molar-refractivity contribution in [2.75, 3.05) is 13.7 Å². The van der Waals surface area contributed by atoms with Gasteiger partial charge in [-0.05, 0) is 29.6 Å². The van der Waals surface area contributed by atoms with Crippen LogP contribution in [0, 0.1) is 11.3 Å². The predicted molar refractivity (Wildman–Crippen MR) is 114 cm³/mol. The molecule has 8 heteroatoms. The molecule has 0 fully saturated rings. The Morgan fingerprint density at radius 1 is 1.19 bits per heavy atom. The number of carbonyl (C=O) groups is 1. The summed E-state index contributed by atoms with van der Waals surface area (Å²) < 4.78 is 21.7. The summed E-state index contributed by atoms with van der Waals surface area (Å²) in [5.74, 6) is 0.807. The quantitative estimate of drug-likeness (QED) is 0.463. The average molecular weight is 434 g/mol. The van der Waals surface area contributed by atoms with E-state index in [2.05, 4.69) is 6.07 Å². The minimum absolute atomic E-state index is 0.0383. The van der Waals surface area contributed by atoms with E-state index >= 15 is 0 Å². The second-order valence-electron chi connectivity index (χ2n) is 6.55. The first kappa shape index (κ1) is 20.3. The molecule has 0 aliphatic carbocycles. The van der Waals surface area contributed by atoms with Gasteiger partial charge in [0.2, 0.25) is 5.88 Å². The van der Waals surface area contributed by atoms with Crippen molar-refractivity contribution < 1.29 is 23.7 Å². The SMILES string of the molecule is COc1ccccc1OCC(=O)Oc1ccc2c(c1)OC(N)=C(C#N)C2c1cccs1. The molecule has 2 N–H and O–H groups in total. The van der Waals surface area contributed by atoms with E-state index in [0.717, 1.165) is 10.4 Å². The van der Waals surface area contributed by atoms with Gasteiger partial charge in [-0.2, -0.15) is 5.26 Å². The molecule has 0 radical (unpaired) electrons. The molecule has 1 aliphatic heterocycles. The number of carbonyl (C=O) groups excluding carboxylic acids is 1. The molecule has 3 aromatic rings. The first-order chi connectivity index (χ1) is 15.1. The first-order valence-electron chi connectivity index (χ1n) is 9.32. The zero-order chi connectivity index (χ0) is 21.8. The lowest BCUT2D eigenvalue weighted by Gasteiger charge is -2.25. The minimum atomic E-state index is -0.585. The molecule has 7 nitrogen and oxygen atoms in total. The van der Waals surface area contributed by atoms with Gasteiger partial charge < -0.3 is 24.7 Å². The summed E-state index contributed by atoms with van der Waals surface area (Å²) in [6.45, 7) is -0.295. The molecule has 1 unspecified atom stereocenters. The standard InChI is InChI=1S/C23H18N2O5S/c1-27-17-5-2-3-6-18(17)28-13-21(26)29-14-8-9-15-19(11-14)30-23(25)16(12-24)22(15)20-7-4-10-31-20/h2-11,22H,13,25H2,1H3. The van der Waals surface area contributed by atoms with Gasteiger partial charge in [0.25, 0.3) is 0 Å². The van der Waals surface area contributed by atoms with Crippen molar-refractivity contribution in [2.24, 2.45) is 5.73 Å². The summed E-state index contributed by atoms with van der Waals surface area (Å²) in [4.78, 5) is 13.2. The number of nitrogens with zero attached hydrogens (tertiary/aromatic N) is 1. The molecule has 0 saturated heterocycles. The Bertz CT molecular complexity index is 1180. The van der Waals surface area contributed by atoms with Crippen molar-refractivity contribution in [1.29, 1.82) is 5.26 Å². The molecule has 2 aromatic carbocycles. The number of para-hydroxylation sites is 2. The molecule has 1 aromatic heterocycles. The zero-order valence-corrected chi connectivity index (χ0v) is 17.3. The van der Waals surface area contributed by atoms with Gasteiger partial charge in [0.1, 0.15) is 23.1 Å². The number of rotatable bonds is 6. The third kappa shape index (κ3) is 4.17. The summed E-state index contributed by atoms with van der Waals surface area (Å²) in [6.07, 6.45) is 0. The van der Waals surface area contributed by atoms with E-state index in [0.29, 0.717) is 22.8 Å². The molecule has 0 spiro atoms. The van der Waals surface area contributed by atoms with Crippen LogP contribution in [0.2, 0.25) is 0 Å². The molecule has 1 atom stereocenters. The van der Waals surface area contributed by atoms with E-state index in [9.17, 15) is 10.1 Å². The van der Waals surface area contributed by atoms with Crippen LogP contribution in [0.15, 0.2) is 71.4 Å². The van der Waals surface area contributed by atoms with E-state index in [1.165, 1.54) is 18.4 Å². The Balaban J connectivity index is 1.51. The van der Waals surface area contributed by atoms with Crippen LogP contribution < -0.4 is 24.7 Å². The van der Waals surface area contributed by atoms with Crippen LogP contribution >= 0.6 is 11.3 Å². The second-order valence-corrected chi connectivity index (χ2v) is 7.53. The van der Waals surface area contributed by atoms with Crippen LogP contribution in [0.1, 0.15) is 16.4 Å². The number of fused-ring (bicyclic) bond motifs is 1. The highest BCUT2D eigenvalue weighted by Crippen LogP contribution is 2.44. The van der Waals surface area contributed by atoms with Crippen molar-refractivity contribution in [1.82, 2.24) is 0 Å². The lowest BCUT2D eigenvalue weighted by Crippen LogP contribution is -2.21. The fraction of sp³-hybridized carbons (Fsp3) is 0.130. The van der Waals surface area contributed by atoms with Gasteiger partial charge in [0.05, 0.1) is 13.0 Å². The Morgan fingerprint density at radius 3 is 2.71 bits per heavy atom. The first-order valence-corrected chi connectivity index (χ1v) is 10.2. The van der Waals surface area contributed by atoms with Crippen LogP contribution in [0.4, 0.5) is 0 Å². The largest absolute Gasteiger partial charge is 0.493 e. The molecule has 31 heavy (non-hydrogen) atoms. The van der Waals surface area contributed by atoms with Gasteiger partial charge in [-0.15, -0.1) is 11.3 Å². The molecule has 2 heterocycles. The van der Waals surface area contributed by atoms with Crippen LogP contribution in [0.3, 0.4) is 0 Å². The van der Waals surface area contributed by atoms with Crippen LogP contribution in [0.25, 0.3) is 0 Å². The maximum absolute atomic E-state index is 12.3. The van der Waals surface area contributed by atoms with E-state index in [-0.39, 0.29) is 24.2 Å². The molecule has 0 amide bonds. The number of esters is 1. The fourth-order valence-corrected chi connectivity index (χ4v) is 4.13. The van der Waals surface area contributed by atoms with E-state index in [1.807, 2.05) is 17.5 Å². The van der Waals surface area contributed by atoms with Gasteiger partial charge in [0, 0.05) is 16.5 Å². The summed E-state index contributed by atoms with van der Waals surface area (Å²) in [5, 5.41) is 11.5. The summed E-state index contributed by atoms with van der Waals surface area (Å²) in [7, 11) is 1.52. The monoisotopic (exact) mass is 434 g/mol. The Kier molecular flexibility index (Phi) is 5.78. The molecule has 0 bridgehead atoms. The van der Waals surface area contributed by atoms with E-state index in [4.69, 9.17) is 24.7 Å². The Morgan fingerprint density at radius 2 is 2.00 bits per heavy atom. The molecule has 1 aliphatic rings. The summed E-state index contributed by atoms with van der Waals surface area (Å²) in [5.41, 5.74) is 7.12. The van der Waals surface area contributed by atoms with Crippen molar-refractivity contribution >= 4 is 17.3 Å². The maximum atomic E-state index is 12.3. The van der Waals surface area contributed by atoms with Crippen LogP contribution in [-0.4, -0.2) is 19.7 Å². The molecule has 4 rings (SSSR count). The topological polar surface area (TPSA) is 104 Å². The number of allylic oxidation sites excluding steroid dienone is 1. The third-order valence-electron chi connectivity index (χ3n) is 4.66. The number of hydrogen-bond acceptors (Lipinski definition) is 8. The number of hydrogen-bond donors (Lipinski definition) is 1. The summed E-state index contributed by atoms with van der Waals surface area (Å²) >= 11 is 1.53. The number of methoxy groups -OCH3 is 1. The van der Waals surface area contributed by atoms with Crippen molar-refractivity contribution in [3.8, 4) is 29.1 Å². The maximum Gasteiger partial charge on any atom is 0.349 e. The third-order valence-corrected chi connectivity index (χ3v) is 5.60. The number of ether oxygens (including phenoxy) is 4. The predicted octanol–water partition coefficient (Wildman–Crippen LogP) is 3.96. The van der Waals surface area contributed by atoms with Crippen LogP contribution in [-0.2, 0) is 4.79 Å². The second kappa shape index (κ2) is 8.81. The Hall–Kier alpha value is -3.96. The van der Waals surface area contributed by atoms with Gasteiger partial charge in [-0.25, -0.2) is 4.79 Å². The highest BCUT2D eigenvalue weighted by molar-refractivity contribution is 7.10. The molecular weight excluding hydrogens is 416 g/mol. The highest BCUT2D eigenvalue weighted by Gasteiger charge is 2.31. The zero-order valence-electron chi connectivity index (χ0n) is 16.5. The Labute approximate surface area is 182 Å². The minimum Gasteiger partial charge on any atom is -0.493 e. The molecular formula is C23H18N2O5S. The number of nitriles is 1. The van der Waals surface area contributed by atoms with Crippen molar-refractivity contribution in [3.05, 3.63) is 81.9 Å². The molecule has 156 valence electrons. The van der Waals surface area contributed by atoms with Gasteiger partial charge >= 0.3 is 5.97 Å². The van der Waals surface area contributed by atoms with E-state index in [1.54, 1.807) is 42.5 Å². The van der Waals surface area contributed by atoms with Gasteiger partial charge in [-0.1, -0.05) is 24.3 Å². The highest BCUT2D eigenvalue weighted by atomic mass is 32.1. The fourth-order valence-electron chi connectivity index (χ4n) is 3.28. The normalized spacial score (nSPS) is 14.8. The lowest BCUT2D eigenvalue weighted by atomic mass is 9.88. The van der Waals surface area contributed by atoms with E-state index < -0.39 is 5.97 Å². The van der Waals surface area contributed by atoms with Crippen LogP contribution in [0.5, 0.6) is 23.0 Å². The number of thiophene rings is 1. The number of nitrogens with two attached hydrogens (primary N) is 1. The average Bonchev–Trinajstić information content (AvgIpc) is 3.31. The van der Waals surface area contributed by atoms with Gasteiger partial charge in [-0.3, -0.25) is 0 Å². The number of benzene rings is 2.